The van der Waals surface area contributed by atoms with E-state index in [1.807, 2.05) is 18.2 Å². The lowest BCUT2D eigenvalue weighted by atomic mass is 9.90. The fourth-order valence-electron chi connectivity index (χ4n) is 3.66. The smallest absolute Gasteiger partial charge is 0.123 e. The second-order valence-electron chi connectivity index (χ2n) is 6.35. The van der Waals surface area contributed by atoms with E-state index in [0.717, 1.165) is 43.1 Å². The lowest BCUT2D eigenvalue weighted by Crippen LogP contribution is -2.45. The third-order valence-electron chi connectivity index (χ3n) is 4.87. The number of likely N-dealkylation sites (N-methyl/N-ethyl adjacent to an activating group) is 1. The van der Waals surface area contributed by atoms with Gasteiger partial charge in [0.05, 0.1) is 0 Å². The Balaban J connectivity index is 1.59. The standard InChI is InChI=1S/C17H25ClN2O/c1-2-20(15-6-4-14(19)5-7-15)11-16-10-12-9-13(18)3-8-17(12)21-16/h3,8-9,14-16H,2,4-7,10-11,19H2,1H3. The maximum absolute atomic E-state index is 6.08. The van der Waals surface area contributed by atoms with Gasteiger partial charge in [-0.25, -0.2) is 0 Å². The second-order valence-corrected chi connectivity index (χ2v) is 6.79. The van der Waals surface area contributed by atoms with Crippen molar-refractivity contribution >= 4 is 11.6 Å². The number of fused-ring (bicyclic) bond motifs is 1. The molecule has 0 amide bonds. The van der Waals surface area contributed by atoms with Crippen LogP contribution in [-0.2, 0) is 6.42 Å². The minimum atomic E-state index is 0.258. The Labute approximate surface area is 132 Å². The van der Waals surface area contributed by atoms with Crippen LogP contribution in [0.4, 0.5) is 0 Å². The van der Waals surface area contributed by atoms with Crippen molar-refractivity contribution in [2.24, 2.45) is 5.73 Å². The summed E-state index contributed by atoms with van der Waals surface area (Å²) in [5.74, 6) is 1.01. The molecule has 0 aromatic heterocycles. The van der Waals surface area contributed by atoms with Gasteiger partial charge in [-0.05, 0) is 56.0 Å². The van der Waals surface area contributed by atoms with Crippen LogP contribution in [0.1, 0.15) is 38.2 Å². The van der Waals surface area contributed by atoms with Gasteiger partial charge in [0, 0.05) is 30.1 Å². The first-order chi connectivity index (χ1) is 10.2. The highest BCUT2D eigenvalue weighted by Crippen LogP contribution is 2.32. The zero-order valence-corrected chi connectivity index (χ0v) is 13.5. The molecule has 2 N–H and O–H groups in total. The van der Waals surface area contributed by atoms with Gasteiger partial charge in [-0.1, -0.05) is 18.5 Å². The third kappa shape index (κ3) is 3.53. The van der Waals surface area contributed by atoms with Gasteiger partial charge in [0.25, 0.3) is 0 Å². The molecule has 1 saturated carbocycles. The molecule has 1 aromatic carbocycles. The molecule has 1 aromatic rings. The summed E-state index contributed by atoms with van der Waals surface area (Å²) < 4.78 is 6.08. The average molecular weight is 309 g/mol. The van der Waals surface area contributed by atoms with E-state index < -0.39 is 0 Å². The predicted molar refractivity (Wildman–Crippen MR) is 87.1 cm³/mol. The maximum atomic E-state index is 6.08. The average Bonchev–Trinajstić information content (AvgIpc) is 2.87. The first-order valence-corrected chi connectivity index (χ1v) is 8.48. The van der Waals surface area contributed by atoms with Crippen LogP contribution in [0.15, 0.2) is 18.2 Å². The van der Waals surface area contributed by atoms with Gasteiger partial charge in [0.15, 0.2) is 0 Å². The number of nitrogens with zero attached hydrogens (tertiary/aromatic N) is 1. The Hall–Kier alpha value is -0.770. The van der Waals surface area contributed by atoms with Crippen molar-refractivity contribution in [3.05, 3.63) is 28.8 Å². The molecule has 21 heavy (non-hydrogen) atoms. The van der Waals surface area contributed by atoms with E-state index >= 15 is 0 Å². The normalized spacial score (nSPS) is 28.5. The van der Waals surface area contributed by atoms with Gasteiger partial charge in [-0.2, -0.15) is 0 Å². The summed E-state index contributed by atoms with van der Waals surface area (Å²) in [5.41, 5.74) is 7.26. The summed E-state index contributed by atoms with van der Waals surface area (Å²) in [4.78, 5) is 2.57. The molecule has 0 radical (unpaired) electrons. The van der Waals surface area contributed by atoms with Gasteiger partial charge >= 0.3 is 0 Å². The topological polar surface area (TPSA) is 38.5 Å². The van der Waals surface area contributed by atoms with Crippen molar-refractivity contribution in [2.45, 2.75) is 57.2 Å². The number of rotatable bonds is 4. The maximum Gasteiger partial charge on any atom is 0.123 e. The first-order valence-electron chi connectivity index (χ1n) is 8.10. The molecule has 4 heteroatoms. The van der Waals surface area contributed by atoms with Crippen LogP contribution in [0.3, 0.4) is 0 Å². The van der Waals surface area contributed by atoms with E-state index in [1.165, 1.54) is 18.4 Å². The van der Waals surface area contributed by atoms with Crippen LogP contribution in [0.25, 0.3) is 0 Å². The number of halogens is 1. The monoisotopic (exact) mass is 308 g/mol. The molecule has 0 bridgehead atoms. The minimum absolute atomic E-state index is 0.258. The summed E-state index contributed by atoms with van der Waals surface area (Å²) in [6.07, 6.45) is 5.99. The lowest BCUT2D eigenvalue weighted by molar-refractivity contribution is 0.0986. The van der Waals surface area contributed by atoms with E-state index in [2.05, 4.69) is 11.8 Å². The van der Waals surface area contributed by atoms with Gasteiger partial charge in [-0.15, -0.1) is 0 Å². The fourth-order valence-corrected chi connectivity index (χ4v) is 3.85. The molecule has 1 aliphatic carbocycles. The summed E-state index contributed by atoms with van der Waals surface area (Å²) in [7, 11) is 0. The lowest BCUT2D eigenvalue weighted by Gasteiger charge is -2.36. The quantitative estimate of drug-likeness (QED) is 0.928. The van der Waals surface area contributed by atoms with Crippen LogP contribution in [0, 0.1) is 0 Å². The van der Waals surface area contributed by atoms with E-state index in [-0.39, 0.29) is 6.10 Å². The summed E-state index contributed by atoms with van der Waals surface area (Å²) >= 11 is 6.06. The Morgan fingerprint density at radius 1 is 1.29 bits per heavy atom. The largest absolute Gasteiger partial charge is 0.488 e. The Kier molecular flexibility index (Phi) is 4.72. The minimum Gasteiger partial charge on any atom is -0.488 e. The Morgan fingerprint density at radius 2 is 2.05 bits per heavy atom. The van der Waals surface area contributed by atoms with Gasteiger partial charge < -0.3 is 10.5 Å². The summed E-state index contributed by atoms with van der Waals surface area (Å²) in [6.45, 7) is 4.33. The zero-order valence-electron chi connectivity index (χ0n) is 12.7. The van der Waals surface area contributed by atoms with Gasteiger partial charge in [0.2, 0.25) is 0 Å². The van der Waals surface area contributed by atoms with Gasteiger partial charge in [-0.3, -0.25) is 4.90 Å². The number of nitrogens with two attached hydrogens (primary N) is 1. The zero-order chi connectivity index (χ0) is 14.8. The molecule has 1 unspecified atom stereocenters. The van der Waals surface area contributed by atoms with Crippen LogP contribution in [-0.4, -0.2) is 36.2 Å². The highest BCUT2D eigenvalue weighted by Gasteiger charge is 2.29. The van der Waals surface area contributed by atoms with Crippen LogP contribution in [0.2, 0.25) is 5.02 Å². The number of benzene rings is 1. The molecule has 1 atom stereocenters. The molecule has 1 fully saturated rings. The molecular weight excluding hydrogens is 284 g/mol. The van der Waals surface area contributed by atoms with E-state index in [1.54, 1.807) is 0 Å². The molecule has 3 nitrogen and oxygen atoms in total. The fraction of sp³-hybridized carbons (Fsp3) is 0.647. The third-order valence-corrected chi connectivity index (χ3v) is 5.10. The van der Waals surface area contributed by atoms with E-state index in [4.69, 9.17) is 22.1 Å². The predicted octanol–water partition coefficient (Wildman–Crippen LogP) is 3.24. The molecule has 0 spiro atoms. The van der Waals surface area contributed by atoms with Crippen molar-refractivity contribution in [2.75, 3.05) is 13.1 Å². The van der Waals surface area contributed by atoms with Crippen molar-refractivity contribution in [1.29, 1.82) is 0 Å². The van der Waals surface area contributed by atoms with Gasteiger partial charge in [0.1, 0.15) is 11.9 Å². The Bertz CT molecular complexity index is 486. The number of hydrogen-bond acceptors (Lipinski definition) is 3. The van der Waals surface area contributed by atoms with E-state index in [9.17, 15) is 0 Å². The summed E-state index contributed by atoms with van der Waals surface area (Å²) in [6, 6.07) is 7.02. The molecule has 0 saturated heterocycles. The highest BCUT2D eigenvalue weighted by atomic mass is 35.5. The molecular formula is C17H25ClN2O. The van der Waals surface area contributed by atoms with Crippen LogP contribution in [0.5, 0.6) is 5.75 Å². The number of hydrogen-bond donors (Lipinski definition) is 1. The Morgan fingerprint density at radius 3 is 2.76 bits per heavy atom. The second kappa shape index (κ2) is 6.55. The van der Waals surface area contributed by atoms with Crippen LogP contribution < -0.4 is 10.5 Å². The van der Waals surface area contributed by atoms with Crippen molar-refractivity contribution < 1.29 is 4.74 Å². The molecule has 116 valence electrons. The van der Waals surface area contributed by atoms with Crippen molar-refractivity contribution in [1.82, 2.24) is 4.90 Å². The molecule has 3 rings (SSSR count). The number of ether oxygens (including phenoxy) is 1. The molecule has 2 aliphatic rings. The molecule has 1 heterocycles. The van der Waals surface area contributed by atoms with Crippen molar-refractivity contribution in [3.8, 4) is 5.75 Å². The summed E-state index contributed by atoms with van der Waals surface area (Å²) in [5, 5.41) is 0.798. The van der Waals surface area contributed by atoms with Crippen molar-refractivity contribution in [3.63, 3.8) is 0 Å². The first kappa shape index (κ1) is 15.1. The van der Waals surface area contributed by atoms with E-state index in [0.29, 0.717) is 12.1 Å². The van der Waals surface area contributed by atoms with Crippen LogP contribution >= 0.6 is 11.6 Å². The molecule has 1 aliphatic heterocycles. The SMILES string of the molecule is CCN(CC1Cc2cc(Cl)ccc2O1)C1CCC(N)CC1. The highest BCUT2D eigenvalue weighted by molar-refractivity contribution is 6.30.